The zero-order chi connectivity index (χ0) is 21.3. The van der Waals surface area contributed by atoms with Crippen molar-refractivity contribution in [3.8, 4) is 11.4 Å². The molecule has 5 heteroatoms. The van der Waals surface area contributed by atoms with Crippen molar-refractivity contribution in [1.29, 1.82) is 0 Å². The quantitative estimate of drug-likeness (QED) is 0.635. The van der Waals surface area contributed by atoms with E-state index in [4.69, 9.17) is 0 Å². The minimum absolute atomic E-state index is 0.0638. The van der Waals surface area contributed by atoms with Gasteiger partial charge in [-0.15, -0.1) is 0 Å². The third-order valence-electron chi connectivity index (χ3n) is 6.13. The Morgan fingerprint density at radius 1 is 1.41 bits per heavy atom. The molecule has 158 valence electrons. The molecule has 0 radical (unpaired) electrons. The van der Waals surface area contributed by atoms with Crippen molar-refractivity contribution < 1.29 is 5.11 Å². The first-order valence-electron chi connectivity index (χ1n) is 10.6. The van der Waals surface area contributed by atoms with Crippen molar-refractivity contribution in [2.45, 2.75) is 59.9 Å². The van der Waals surface area contributed by atoms with Crippen LogP contribution in [-0.4, -0.2) is 44.9 Å². The molecule has 3 rings (SSSR count). The van der Waals surface area contributed by atoms with Gasteiger partial charge in [0.25, 0.3) is 0 Å². The fraction of sp³-hybridized carbons (Fsp3) is 0.542. The van der Waals surface area contributed by atoms with Crippen LogP contribution in [0, 0.1) is 18.3 Å². The third kappa shape index (κ3) is 4.67. The van der Waals surface area contributed by atoms with E-state index in [-0.39, 0.29) is 18.6 Å². The number of aromatic amines is 2. The van der Waals surface area contributed by atoms with E-state index >= 15 is 0 Å². The summed E-state index contributed by atoms with van der Waals surface area (Å²) in [6, 6.07) is 2.27. The lowest BCUT2D eigenvalue weighted by Gasteiger charge is -2.32. The summed E-state index contributed by atoms with van der Waals surface area (Å²) in [4.78, 5) is 5.70. The van der Waals surface area contributed by atoms with Crippen LogP contribution in [0.3, 0.4) is 0 Å². The van der Waals surface area contributed by atoms with Crippen LogP contribution in [0.4, 0.5) is 0 Å². The Balaban J connectivity index is 1.81. The molecule has 5 nitrogen and oxygen atoms in total. The average Bonchev–Trinajstić information content (AvgIpc) is 3.26. The highest BCUT2D eigenvalue weighted by Gasteiger charge is 2.24. The predicted octanol–water partition coefficient (Wildman–Crippen LogP) is 4.70. The minimum atomic E-state index is 0.0638. The van der Waals surface area contributed by atoms with Gasteiger partial charge in [-0.3, -0.25) is 5.10 Å². The molecule has 0 fully saturated rings. The number of nitrogens with one attached hydrogen (secondary N) is 2. The lowest BCUT2D eigenvalue weighted by molar-refractivity contribution is 0.179. The topological polar surface area (TPSA) is 67.9 Å². The molecule has 0 amide bonds. The number of H-pyrrole nitrogens is 2. The first-order valence-corrected chi connectivity index (χ1v) is 10.6. The molecule has 2 unspecified atom stereocenters. The molecule has 1 aliphatic rings. The zero-order valence-electron chi connectivity index (χ0n) is 18.8. The Hall–Kier alpha value is -2.27. The maximum absolute atomic E-state index is 9.44. The van der Waals surface area contributed by atoms with Crippen LogP contribution in [0.1, 0.15) is 56.6 Å². The summed E-state index contributed by atoms with van der Waals surface area (Å²) in [5.41, 5.74) is 8.35. The van der Waals surface area contributed by atoms with Crippen molar-refractivity contribution in [1.82, 2.24) is 20.1 Å². The lowest BCUT2D eigenvalue weighted by atomic mass is 9.88. The number of aliphatic hydroxyl groups excluding tert-OH is 1. The highest BCUT2D eigenvalue weighted by atomic mass is 16.3. The number of hydrogen-bond acceptors (Lipinski definition) is 3. The summed E-state index contributed by atoms with van der Waals surface area (Å²) in [5, 5.41) is 17.2. The first-order chi connectivity index (χ1) is 13.6. The lowest BCUT2D eigenvalue weighted by Crippen LogP contribution is -2.34. The third-order valence-corrected chi connectivity index (χ3v) is 6.13. The summed E-state index contributed by atoms with van der Waals surface area (Å²) >= 11 is 0. The van der Waals surface area contributed by atoms with Crippen LogP contribution in [0.15, 0.2) is 24.4 Å². The van der Waals surface area contributed by atoms with Crippen molar-refractivity contribution >= 4 is 6.08 Å². The maximum atomic E-state index is 9.44. The summed E-state index contributed by atoms with van der Waals surface area (Å²) < 4.78 is 0. The largest absolute Gasteiger partial charge is 0.394 e. The number of rotatable bonds is 7. The van der Waals surface area contributed by atoms with Crippen molar-refractivity contribution in [2.75, 3.05) is 13.7 Å². The molecule has 29 heavy (non-hydrogen) atoms. The van der Waals surface area contributed by atoms with Crippen LogP contribution in [0.25, 0.3) is 17.5 Å². The van der Waals surface area contributed by atoms with Gasteiger partial charge < -0.3 is 15.0 Å². The standard InChI is InChI=1S/C24H36N4O/c1-15(14-29)28(7)17(3)18-8-9-19-13-22(25-21(19)12-18)23-20(16(2)26-27-23)10-11-24(4,5)6/h8-9,13,15,18,25,29H,3,10-12,14H2,1-2,4-7H3,(H,26,27). The van der Waals surface area contributed by atoms with Gasteiger partial charge in [-0.1, -0.05) is 39.5 Å². The molecule has 0 saturated heterocycles. The smallest absolute Gasteiger partial charge is 0.112 e. The summed E-state index contributed by atoms with van der Waals surface area (Å²) in [5.74, 6) is 0.231. The normalized spacial score (nSPS) is 17.3. The molecule has 3 N–H and O–H groups in total. The Labute approximate surface area is 174 Å². The van der Waals surface area contributed by atoms with Gasteiger partial charge in [-0.2, -0.15) is 5.10 Å². The van der Waals surface area contributed by atoms with Gasteiger partial charge in [0.1, 0.15) is 5.69 Å². The van der Waals surface area contributed by atoms with Crippen LogP contribution < -0.4 is 0 Å². The Morgan fingerprint density at radius 2 is 2.14 bits per heavy atom. The SMILES string of the molecule is C=C(C1C=Cc2cc(-c3n[nH]c(C)c3CCC(C)(C)C)[nH]c2C1)N(C)C(C)CO. The molecule has 1 aliphatic carbocycles. The molecule has 2 atom stereocenters. The summed E-state index contributed by atoms with van der Waals surface area (Å²) in [7, 11) is 2.00. The highest BCUT2D eigenvalue weighted by Crippen LogP contribution is 2.34. The van der Waals surface area contributed by atoms with Gasteiger partial charge in [-0.25, -0.2) is 0 Å². The van der Waals surface area contributed by atoms with E-state index in [1.807, 2.05) is 14.0 Å². The first kappa shape index (κ1) is 21.4. The van der Waals surface area contributed by atoms with Crippen molar-refractivity contribution in [2.24, 2.45) is 11.3 Å². The summed E-state index contributed by atoms with van der Waals surface area (Å²) in [6.07, 6.45) is 7.43. The van der Waals surface area contributed by atoms with E-state index in [2.05, 4.69) is 72.6 Å². The molecule has 0 spiro atoms. The van der Waals surface area contributed by atoms with Crippen molar-refractivity contribution in [3.05, 3.63) is 46.9 Å². The Kier molecular flexibility index (Phi) is 6.08. The van der Waals surface area contributed by atoms with Gasteiger partial charge in [0.05, 0.1) is 12.3 Å². The second-order valence-electron chi connectivity index (χ2n) is 9.66. The molecule has 2 aromatic rings. The second kappa shape index (κ2) is 8.23. The Bertz CT molecular complexity index is 897. The average molecular weight is 397 g/mol. The molecule has 2 aromatic heterocycles. The van der Waals surface area contributed by atoms with Gasteiger partial charge >= 0.3 is 0 Å². The summed E-state index contributed by atoms with van der Waals surface area (Å²) in [6.45, 7) is 15.4. The van der Waals surface area contributed by atoms with E-state index in [9.17, 15) is 5.11 Å². The number of aliphatic hydroxyl groups is 1. The molecule has 0 bridgehead atoms. The van der Waals surface area contributed by atoms with Crippen molar-refractivity contribution in [3.63, 3.8) is 0 Å². The van der Waals surface area contributed by atoms with Crippen LogP contribution in [0.2, 0.25) is 0 Å². The van der Waals surface area contributed by atoms with Crippen LogP contribution in [-0.2, 0) is 12.8 Å². The molecule has 2 heterocycles. The molecular formula is C24H36N4O. The molecule has 0 aliphatic heterocycles. The van der Waals surface area contributed by atoms with Gasteiger partial charge in [0.15, 0.2) is 0 Å². The fourth-order valence-corrected chi connectivity index (χ4v) is 3.84. The maximum Gasteiger partial charge on any atom is 0.112 e. The van der Waals surface area contributed by atoms with E-state index in [0.717, 1.165) is 42.0 Å². The Morgan fingerprint density at radius 3 is 2.79 bits per heavy atom. The number of nitrogens with zero attached hydrogens (tertiary/aromatic N) is 2. The van der Waals surface area contributed by atoms with Gasteiger partial charge in [0.2, 0.25) is 0 Å². The van der Waals surface area contributed by atoms with Gasteiger partial charge in [0, 0.05) is 41.7 Å². The number of hydrogen-bond donors (Lipinski definition) is 3. The number of allylic oxidation sites excluding steroid dienone is 1. The zero-order valence-corrected chi connectivity index (χ0v) is 18.8. The fourth-order valence-electron chi connectivity index (χ4n) is 3.84. The van der Waals surface area contributed by atoms with E-state index < -0.39 is 0 Å². The number of aromatic nitrogens is 3. The number of likely N-dealkylation sites (N-methyl/N-ethyl adjacent to an activating group) is 1. The van der Waals surface area contributed by atoms with Crippen LogP contribution >= 0.6 is 0 Å². The van der Waals surface area contributed by atoms with Gasteiger partial charge in [-0.05, 0) is 50.2 Å². The van der Waals surface area contributed by atoms with E-state index in [1.165, 1.54) is 16.8 Å². The monoisotopic (exact) mass is 396 g/mol. The highest BCUT2D eigenvalue weighted by molar-refractivity contribution is 5.68. The molecular weight excluding hydrogens is 360 g/mol. The van der Waals surface area contributed by atoms with Crippen LogP contribution in [0.5, 0.6) is 0 Å². The van der Waals surface area contributed by atoms with E-state index in [1.54, 1.807) is 0 Å². The number of fused-ring (bicyclic) bond motifs is 1. The predicted molar refractivity (Wildman–Crippen MR) is 121 cm³/mol. The van der Waals surface area contributed by atoms with E-state index in [0.29, 0.717) is 5.41 Å². The second-order valence-corrected chi connectivity index (χ2v) is 9.66. The minimum Gasteiger partial charge on any atom is -0.394 e. The number of aryl methyl sites for hydroxylation is 1. The molecule has 0 aromatic carbocycles. The molecule has 0 saturated carbocycles.